The highest BCUT2D eigenvalue weighted by atomic mass is 16.5. The van der Waals surface area contributed by atoms with Gasteiger partial charge >= 0.3 is 0 Å². The van der Waals surface area contributed by atoms with E-state index in [2.05, 4.69) is 16.2 Å². The van der Waals surface area contributed by atoms with Gasteiger partial charge in [0.05, 0.1) is 6.07 Å². The van der Waals surface area contributed by atoms with Gasteiger partial charge in [0.1, 0.15) is 5.60 Å². The number of hydrogen-bond donors (Lipinski definition) is 0. The maximum Gasteiger partial charge on any atom is 0.229 e. The molecular weight excluding hydrogens is 230 g/mol. The van der Waals surface area contributed by atoms with Crippen LogP contribution >= 0.6 is 0 Å². The summed E-state index contributed by atoms with van der Waals surface area (Å²) >= 11 is 0. The fraction of sp³-hybridized carbons (Fsp3) is 0.769. The molecule has 0 amide bonds. The third-order valence-electron chi connectivity index (χ3n) is 3.49. The molecule has 0 N–H and O–H groups in total. The Labute approximate surface area is 107 Å². The van der Waals surface area contributed by atoms with Crippen molar-refractivity contribution in [2.75, 3.05) is 6.61 Å². The molecule has 0 aliphatic carbocycles. The first kappa shape index (κ1) is 13.0. The number of nitrogens with zero attached hydrogens (tertiary/aromatic N) is 3. The van der Waals surface area contributed by atoms with E-state index < -0.39 is 5.60 Å². The minimum absolute atomic E-state index is 0.123. The Kier molecular flexibility index (Phi) is 3.97. The van der Waals surface area contributed by atoms with Crippen LogP contribution in [-0.4, -0.2) is 16.7 Å². The SMILES string of the molecule is CC(CCC#N)c1nc(C2(C)CCCCO2)no1. The first-order valence-corrected chi connectivity index (χ1v) is 6.51. The van der Waals surface area contributed by atoms with Gasteiger partial charge in [0.15, 0.2) is 0 Å². The van der Waals surface area contributed by atoms with Gasteiger partial charge in [-0.05, 0) is 32.6 Å². The molecule has 5 nitrogen and oxygen atoms in total. The molecule has 0 bridgehead atoms. The molecule has 2 heterocycles. The second-order valence-corrected chi connectivity index (χ2v) is 5.09. The van der Waals surface area contributed by atoms with Crippen LogP contribution in [-0.2, 0) is 10.3 Å². The van der Waals surface area contributed by atoms with Crippen molar-refractivity contribution in [1.82, 2.24) is 10.1 Å². The lowest BCUT2D eigenvalue weighted by Gasteiger charge is -2.30. The molecule has 98 valence electrons. The average molecular weight is 249 g/mol. The van der Waals surface area contributed by atoms with Gasteiger partial charge in [0.25, 0.3) is 0 Å². The summed E-state index contributed by atoms with van der Waals surface area (Å²) in [5, 5.41) is 12.6. The summed E-state index contributed by atoms with van der Waals surface area (Å²) in [4.78, 5) is 4.45. The molecule has 0 radical (unpaired) electrons. The quantitative estimate of drug-likeness (QED) is 0.820. The zero-order valence-electron chi connectivity index (χ0n) is 11.0. The van der Waals surface area contributed by atoms with Gasteiger partial charge in [-0.15, -0.1) is 0 Å². The number of hydrogen-bond acceptors (Lipinski definition) is 5. The van der Waals surface area contributed by atoms with E-state index in [1.165, 1.54) is 0 Å². The summed E-state index contributed by atoms with van der Waals surface area (Å²) in [6.07, 6.45) is 4.41. The van der Waals surface area contributed by atoms with Gasteiger partial charge in [0, 0.05) is 18.9 Å². The molecule has 2 atom stereocenters. The molecule has 0 spiro atoms. The zero-order chi connectivity index (χ0) is 13.0. The lowest BCUT2D eigenvalue weighted by atomic mass is 9.95. The highest BCUT2D eigenvalue weighted by Gasteiger charge is 2.35. The molecule has 0 saturated carbocycles. The number of aromatic nitrogens is 2. The van der Waals surface area contributed by atoms with Gasteiger partial charge in [-0.2, -0.15) is 10.2 Å². The average Bonchev–Trinajstić information content (AvgIpc) is 2.87. The fourth-order valence-corrected chi connectivity index (χ4v) is 2.17. The van der Waals surface area contributed by atoms with Gasteiger partial charge in [-0.25, -0.2) is 0 Å². The second kappa shape index (κ2) is 5.49. The van der Waals surface area contributed by atoms with E-state index in [1.807, 2.05) is 13.8 Å². The fourth-order valence-electron chi connectivity index (χ4n) is 2.17. The highest BCUT2D eigenvalue weighted by molar-refractivity contribution is 5.03. The third kappa shape index (κ3) is 2.70. The minimum atomic E-state index is -0.408. The van der Waals surface area contributed by atoms with Crippen molar-refractivity contribution in [1.29, 1.82) is 5.26 Å². The Morgan fingerprint density at radius 1 is 1.50 bits per heavy atom. The van der Waals surface area contributed by atoms with Crippen LogP contribution in [0.2, 0.25) is 0 Å². The largest absolute Gasteiger partial charge is 0.367 e. The maximum absolute atomic E-state index is 8.58. The number of ether oxygens (including phenoxy) is 1. The first-order chi connectivity index (χ1) is 8.65. The molecule has 0 aromatic carbocycles. The van der Waals surface area contributed by atoms with Crippen molar-refractivity contribution >= 4 is 0 Å². The van der Waals surface area contributed by atoms with E-state index >= 15 is 0 Å². The third-order valence-corrected chi connectivity index (χ3v) is 3.49. The smallest absolute Gasteiger partial charge is 0.229 e. The molecule has 1 aliphatic heterocycles. The van der Waals surface area contributed by atoms with E-state index in [1.54, 1.807) is 0 Å². The van der Waals surface area contributed by atoms with Crippen molar-refractivity contribution in [3.63, 3.8) is 0 Å². The zero-order valence-corrected chi connectivity index (χ0v) is 11.0. The molecule has 18 heavy (non-hydrogen) atoms. The van der Waals surface area contributed by atoms with Gasteiger partial charge in [-0.3, -0.25) is 0 Å². The molecular formula is C13H19N3O2. The Morgan fingerprint density at radius 2 is 2.33 bits per heavy atom. The van der Waals surface area contributed by atoms with Crippen LogP contribution in [0, 0.1) is 11.3 Å². The highest BCUT2D eigenvalue weighted by Crippen LogP contribution is 2.33. The van der Waals surface area contributed by atoms with Crippen LogP contribution in [0.5, 0.6) is 0 Å². The second-order valence-electron chi connectivity index (χ2n) is 5.09. The van der Waals surface area contributed by atoms with Gasteiger partial charge in [0.2, 0.25) is 11.7 Å². The van der Waals surface area contributed by atoms with Crippen LogP contribution in [0.3, 0.4) is 0 Å². The van der Waals surface area contributed by atoms with E-state index in [0.717, 1.165) is 32.3 Å². The van der Waals surface area contributed by atoms with E-state index in [4.69, 9.17) is 14.5 Å². The van der Waals surface area contributed by atoms with Crippen LogP contribution in [0.25, 0.3) is 0 Å². The van der Waals surface area contributed by atoms with E-state index in [0.29, 0.717) is 18.1 Å². The van der Waals surface area contributed by atoms with Crippen molar-refractivity contribution in [3.8, 4) is 6.07 Å². The maximum atomic E-state index is 8.58. The van der Waals surface area contributed by atoms with Crippen molar-refractivity contribution in [2.24, 2.45) is 0 Å². The standard InChI is InChI=1S/C13H19N3O2/c1-10(6-5-8-14)11-15-12(16-18-11)13(2)7-3-4-9-17-13/h10H,3-7,9H2,1-2H3. The van der Waals surface area contributed by atoms with Gasteiger partial charge in [-0.1, -0.05) is 12.1 Å². The molecule has 5 heteroatoms. The molecule has 1 aromatic rings. The van der Waals surface area contributed by atoms with Crippen molar-refractivity contribution < 1.29 is 9.26 Å². The Hall–Kier alpha value is -1.41. The Balaban J connectivity index is 2.07. The molecule has 2 unspecified atom stereocenters. The van der Waals surface area contributed by atoms with Crippen molar-refractivity contribution in [2.45, 2.75) is 57.5 Å². The van der Waals surface area contributed by atoms with E-state index in [9.17, 15) is 0 Å². The molecule has 1 fully saturated rings. The summed E-state index contributed by atoms with van der Waals surface area (Å²) in [6.45, 7) is 4.77. The normalized spacial score (nSPS) is 25.6. The summed E-state index contributed by atoms with van der Waals surface area (Å²) < 4.78 is 11.1. The molecule has 2 rings (SSSR count). The van der Waals surface area contributed by atoms with Crippen LogP contribution < -0.4 is 0 Å². The van der Waals surface area contributed by atoms with Gasteiger partial charge < -0.3 is 9.26 Å². The van der Waals surface area contributed by atoms with E-state index in [-0.39, 0.29) is 5.92 Å². The molecule has 1 aliphatic rings. The van der Waals surface area contributed by atoms with Crippen LogP contribution in [0.15, 0.2) is 4.52 Å². The van der Waals surface area contributed by atoms with Crippen molar-refractivity contribution in [3.05, 3.63) is 11.7 Å². The lowest BCUT2D eigenvalue weighted by molar-refractivity contribution is -0.0770. The predicted octanol–water partition coefficient (Wildman–Crippen LogP) is 2.89. The lowest BCUT2D eigenvalue weighted by Crippen LogP contribution is -2.31. The summed E-state index contributed by atoms with van der Waals surface area (Å²) in [6, 6.07) is 2.13. The summed E-state index contributed by atoms with van der Waals surface area (Å²) in [5.41, 5.74) is -0.408. The first-order valence-electron chi connectivity index (χ1n) is 6.51. The Morgan fingerprint density at radius 3 is 3.00 bits per heavy atom. The Bertz CT molecular complexity index is 430. The topological polar surface area (TPSA) is 71.9 Å². The predicted molar refractivity (Wildman–Crippen MR) is 64.7 cm³/mol. The van der Waals surface area contributed by atoms with Crippen LogP contribution in [0.1, 0.15) is 63.6 Å². The minimum Gasteiger partial charge on any atom is -0.367 e. The van der Waals surface area contributed by atoms with Crippen LogP contribution in [0.4, 0.5) is 0 Å². The summed E-state index contributed by atoms with van der Waals surface area (Å²) in [7, 11) is 0. The number of rotatable bonds is 4. The molecule has 1 aromatic heterocycles. The molecule has 1 saturated heterocycles. The summed E-state index contributed by atoms with van der Waals surface area (Å²) in [5.74, 6) is 1.37. The number of nitriles is 1. The monoisotopic (exact) mass is 249 g/mol.